The summed E-state index contributed by atoms with van der Waals surface area (Å²) in [5.74, 6) is 1.66. The summed E-state index contributed by atoms with van der Waals surface area (Å²) in [5.41, 5.74) is 7.03. The van der Waals surface area contributed by atoms with Crippen molar-refractivity contribution >= 4 is 61.4 Å². The smallest absolute Gasteiger partial charge is 0.231 e. The first-order chi connectivity index (χ1) is 13.9. The molecule has 0 fully saturated rings. The van der Waals surface area contributed by atoms with Gasteiger partial charge in [-0.2, -0.15) is 0 Å². The van der Waals surface area contributed by atoms with E-state index in [9.17, 15) is 8.42 Å². The minimum atomic E-state index is -3.30. The summed E-state index contributed by atoms with van der Waals surface area (Å²) >= 11 is 3.65. The van der Waals surface area contributed by atoms with E-state index >= 15 is 0 Å². The van der Waals surface area contributed by atoms with Crippen LogP contribution in [0.25, 0.3) is 11.2 Å². The molecule has 0 spiro atoms. The Morgan fingerprint density at radius 3 is 2.83 bits per heavy atom. The average molecular weight is 548 g/mol. The van der Waals surface area contributed by atoms with Gasteiger partial charge >= 0.3 is 0 Å². The predicted molar refractivity (Wildman–Crippen MR) is 117 cm³/mol. The normalized spacial score (nSPS) is 13.3. The highest BCUT2D eigenvalue weighted by atomic mass is 127. The van der Waals surface area contributed by atoms with Gasteiger partial charge in [0.05, 0.1) is 5.75 Å². The number of nitrogens with one attached hydrogen (secondary N) is 1. The summed E-state index contributed by atoms with van der Waals surface area (Å²) in [7, 11) is -1.90. The fourth-order valence-corrected chi connectivity index (χ4v) is 5.23. The van der Waals surface area contributed by atoms with E-state index in [1.54, 1.807) is 0 Å². The largest absolute Gasteiger partial charge is 0.454 e. The highest BCUT2D eigenvalue weighted by molar-refractivity contribution is 14.1. The molecule has 3 heterocycles. The number of halogens is 1. The number of hydrogen-bond donors (Lipinski definition) is 2. The molecule has 0 bridgehead atoms. The third kappa shape index (κ3) is 4.22. The number of aromatic nitrogens is 4. The third-order valence-corrected chi connectivity index (χ3v) is 8.02. The standard InChI is InChI=1S/C16H17IN6O4S2/c1-19-29(24,25)4-2-3-23-15-13(14(18)20-7-21-15)22-16(23)28-12-6-11-10(5-9(12)17)26-8-27-11/h5-7,19H,2-4,8H2,1H3,(H2,18,20,21). The van der Waals surface area contributed by atoms with Crippen molar-refractivity contribution in [1.29, 1.82) is 0 Å². The Labute approximate surface area is 184 Å². The highest BCUT2D eigenvalue weighted by Crippen LogP contribution is 2.41. The Hall–Kier alpha value is -1.84. The molecule has 13 heteroatoms. The van der Waals surface area contributed by atoms with Crippen LogP contribution in [0.5, 0.6) is 11.5 Å². The number of nitrogens with zero attached hydrogens (tertiary/aromatic N) is 4. The number of anilines is 1. The first-order valence-corrected chi connectivity index (χ1v) is 12.1. The van der Waals surface area contributed by atoms with Crippen LogP contribution in [0.1, 0.15) is 6.42 Å². The van der Waals surface area contributed by atoms with Crippen molar-refractivity contribution in [2.45, 2.75) is 23.0 Å². The zero-order chi connectivity index (χ0) is 20.6. The molecule has 1 aromatic carbocycles. The molecule has 154 valence electrons. The monoisotopic (exact) mass is 548 g/mol. The van der Waals surface area contributed by atoms with Crippen LogP contribution in [0.2, 0.25) is 0 Å². The number of sulfonamides is 1. The molecule has 0 unspecified atom stereocenters. The molecule has 0 atom stereocenters. The van der Waals surface area contributed by atoms with Gasteiger partial charge in [0.25, 0.3) is 0 Å². The lowest BCUT2D eigenvalue weighted by Gasteiger charge is -2.10. The number of aryl methyl sites for hydroxylation is 1. The van der Waals surface area contributed by atoms with Crippen molar-refractivity contribution in [2.75, 3.05) is 25.3 Å². The molecule has 29 heavy (non-hydrogen) atoms. The highest BCUT2D eigenvalue weighted by Gasteiger charge is 2.21. The van der Waals surface area contributed by atoms with Gasteiger partial charge in [-0.25, -0.2) is 28.1 Å². The van der Waals surface area contributed by atoms with Crippen molar-refractivity contribution in [3.63, 3.8) is 0 Å². The third-order valence-electron chi connectivity index (χ3n) is 4.26. The molecule has 2 aromatic heterocycles. The Balaban J connectivity index is 1.69. The van der Waals surface area contributed by atoms with Gasteiger partial charge in [0.2, 0.25) is 16.8 Å². The number of imidazole rings is 1. The Bertz CT molecular complexity index is 1180. The van der Waals surface area contributed by atoms with Crippen LogP contribution in [0.4, 0.5) is 5.82 Å². The van der Waals surface area contributed by atoms with Crippen LogP contribution in [0.3, 0.4) is 0 Å². The number of benzene rings is 1. The van der Waals surface area contributed by atoms with Gasteiger partial charge in [0.1, 0.15) is 6.33 Å². The van der Waals surface area contributed by atoms with E-state index in [1.807, 2.05) is 16.7 Å². The van der Waals surface area contributed by atoms with Crippen LogP contribution in [-0.2, 0) is 16.6 Å². The van der Waals surface area contributed by atoms with Crippen molar-refractivity contribution in [3.05, 3.63) is 22.0 Å². The molecule has 3 aromatic rings. The van der Waals surface area contributed by atoms with Gasteiger partial charge in [-0.1, -0.05) is 11.8 Å². The van der Waals surface area contributed by atoms with E-state index in [1.165, 1.54) is 25.1 Å². The molecule has 1 aliphatic heterocycles. The number of ether oxygens (including phenoxy) is 2. The second kappa shape index (κ2) is 8.12. The van der Waals surface area contributed by atoms with E-state index in [-0.39, 0.29) is 18.4 Å². The molecule has 10 nitrogen and oxygen atoms in total. The summed E-state index contributed by atoms with van der Waals surface area (Å²) in [5, 5.41) is 0.644. The number of nitrogen functional groups attached to an aromatic ring is 1. The predicted octanol–water partition coefficient (Wildman–Crippen LogP) is 1.83. The molecule has 0 saturated carbocycles. The SMILES string of the molecule is CNS(=O)(=O)CCCn1c(Sc2cc3c(cc2I)OCO3)nc2c(N)ncnc21. The lowest BCUT2D eigenvalue weighted by atomic mass is 10.3. The molecule has 0 saturated heterocycles. The molecule has 0 aliphatic carbocycles. The minimum absolute atomic E-state index is 0.00456. The van der Waals surface area contributed by atoms with Gasteiger partial charge in [0, 0.05) is 15.0 Å². The van der Waals surface area contributed by atoms with Crippen molar-refractivity contribution < 1.29 is 17.9 Å². The van der Waals surface area contributed by atoms with Gasteiger partial charge < -0.3 is 19.8 Å². The van der Waals surface area contributed by atoms with E-state index in [4.69, 9.17) is 15.2 Å². The van der Waals surface area contributed by atoms with Gasteiger partial charge in [0.15, 0.2) is 33.6 Å². The van der Waals surface area contributed by atoms with Crippen LogP contribution in [0.15, 0.2) is 28.5 Å². The van der Waals surface area contributed by atoms with Crippen LogP contribution >= 0.6 is 34.4 Å². The fourth-order valence-electron chi connectivity index (χ4n) is 2.80. The molecule has 0 amide bonds. The first kappa shape index (κ1) is 20.4. The zero-order valence-electron chi connectivity index (χ0n) is 15.3. The van der Waals surface area contributed by atoms with Crippen LogP contribution < -0.4 is 19.9 Å². The minimum Gasteiger partial charge on any atom is -0.454 e. The quantitative estimate of drug-likeness (QED) is 0.424. The summed E-state index contributed by atoms with van der Waals surface area (Å²) in [4.78, 5) is 13.9. The van der Waals surface area contributed by atoms with Gasteiger partial charge in [-0.05, 0) is 48.2 Å². The van der Waals surface area contributed by atoms with Crippen LogP contribution in [0, 0.1) is 3.57 Å². The van der Waals surface area contributed by atoms with E-state index < -0.39 is 10.0 Å². The lowest BCUT2D eigenvalue weighted by molar-refractivity contribution is 0.174. The van der Waals surface area contributed by atoms with Crippen LogP contribution in [-0.4, -0.2) is 47.5 Å². The summed E-state index contributed by atoms with van der Waals surface area (Å²) in [6.07, 6.45) is 1.77. The maximum absolute atomic E-state index is 11.8. The molecule has 4 rings (SSSR count). The van der Waals surface area contributed by atoms with Crippen molar-refractivity contribution in [2.24, 2.45) is 0 Å². The van der Waals surface area contributed by atoms with E-state index in [0.29, 0.717) is 40.8 Å². The first-order valence-electron chi connectivity index (χ1n) is 8.53. The van der Waals surface area contributed by atoms with Gasteiger partial charge in [-0.15, -0.1) is 0 Å². The number of nitrogens with two attached hydrogens (primary N) is 1. The van der Waals surface area contributed by atoms with E-state index in [2.05, 4.69) is 42.3 Å². The molecular formula is C16H17IN6O4S2. The summed E-state index contributed by atoms with van der Waals surface area (Å²) in [6, 6.07) is 3.81. The summed E-state index contributed by atoms with van der Waals surface area (Å²) < 4.78 is 39.6. The fraction of sp³-hybridized carbons (Fsp3) is 0.312. The topological polar surface area (TPSA) is 134 Å². The van der Waals surface area contributed by atoms with Gasteiger partial charge in [-0.3, -0.25) is 0 Å². The number of rotatable bonds is 7. The molecule has 1 aliphatic rings. The number of fused-ring (bicyclic) bond motifs is 2. The van der Waals surface area contributed by atoms with Crippen molar-refractivity contribution in [3.8, 4) is 11.5 Å². The molecule has 3 N–H and O–H groups in total. The maximum Gasteiger partial charge on any atom is 0.231 e. The molecule has 0 radical (unpaired) electrons. The Morgan fingerprint density at radius 2 is 2.07 bits per heavy atom. The second-order valence-electron chi connectivity index (χ2n) is 6.09. The average Bonchev–Trinajstić information content (AvgIpc) is 3.27. The molecular weight excluding hydrogens is 531 g/mol. The lowest BCUT2D eigenvalue weighted by Crippen LogP contribution is -2.22. The Morgan fingerprint density at radius 1 is 1.31 bits per heavy atom. The zero-order valence-corrected chi connectivity index (χ0v) is 19.0. The van der Waals surface area contributed by atoms with E-state index in [0.717, 1.165) is 8.47 Å². The second-order valence-corrected chi connectivity index (χ2v) is 10.3. The Kier molecular flexibility index (Phi) is 5.72. The maximum atomic E-state index is 11.8. The number of hydrogen-bond acceptors (Lipinski definition) is 9. The van der Waals surface area contributed by atoms with Crippen molar-refractivity contribution in [1.82, 2.24) is 24.2 Å². The summed E-state index contributed by atoms with van der Waals surface area (Å²) in [6.45, 7) is 0.613.